The van der Waals surface area contributed by atoms with Gasteiger partial charge in [0.25, 0.3) is 0 Å². The molecule has 0 bridgehead atoms. The number of hydrogen-bond donors (Lipinski definition) is 0. The van der Waals surface area contributed by atoms with E-state index in [1.807, 2.05) is 0 Å². The molecule has 1 radical (unpaired) electrons. The summed E-state index contributed by atoms with van der Waals surface area (Å²) in [5, 5.41) is 0.742. The van der Waals surface area contributed by atoms with Gasteiger partial charge in [0.2, 0.25) is 0 Å². The molecule has 0 spiro atoms. The highest BCUT2D eigenvalue weighted by atomic mass is 28.3. The fraction of sp³-hybridized carbons (Fsp3) is 1.00. The molecule has 0 nitrogen and oxygen atoms in total. The maximum Gasteiger partial charge on any atom is 0.0505 e. The Morgan fingerprint density at radius 3 is 0.789 bits per heavy atom. The SMILES string of the molecule is C[Si](C)C12C3(C(C)(C)C)C1(C(C)(C)C)C23C(C)(C)C. The first-order valence-corrected chi connectivity index (χ1v) is 10.5. The van der Waals surface area contributed by atoms with Crippen LogP contribution >= 0.6 is 0 Å². The molecular formula is C18H33Si. The summed E-state index contributed by atoms with van der Waals surface area (Å²) < 4.78 is 0. The largest absolute Gasteiger partial charge is 0.0708 e. The van der Waals surface area contributed by atoms with E-state index in [2.05, 4.69) is 75.4 Å². The normalized spacial score (nSPS) is 51.2. The molecule has 1 heteroatoms. The molecule has 0 N–H and O–H groups in total. The van der Waals surface area contributed by atoms with Gasteiger partial charge in [0.1, 0.15) is 0 Å². The van der Waals surface area contributed by atoms with Crippen molar-refractivity contribution in [1.82, 2.24) is 0 Å². The summed E-state index contributed by atoms with van der Waals surface area (Å²) in [4.78, 5) is 0. The van der Waals surface area contributed by atoms with Crippen LogP contribution in [-0.2, 0) is 0 Å². The topological polar surface area (TPSA) is 0 Å². The summed E-state index contributed by atoms with van der Waals surface area (Å²) in [6, 6.07) is 0. The lowest BCUT2D eigenvalue weighted by Crippen LogP contribution is -2.16. The van der Waals surface area contributed by atoms with Crippen LogP contribution in [0.4, 0.5) is 0 Å². The second kappa shape index (κ2) is 2.64. The summed E-state index contributed by atoms with van der Waals surface area (Å²) in [6.07, 6.45) is 0. The van der Waals surface area contributed by atoms with E-state index < -0.39 is 0 Å². The average molecular weight is 278 g/mol. The molecule has 0 aliphatic heterocycles. The first-order valence-electron chi connectivity index (χ1n) is 8.00. The Morgan fingerprint density at radius 2 is 0.737 bits per heavy atom. The Balaban J connectivity index is 2.21. The molecule has 0 heterocycles. The standard InChI is InChI=1S/C18H33Si/c1-12(2,3)15-16(13(4,5)6)17(15,14(7,8)9)18(15,16)19(10)11/h1-11H3. The van der Waals surface area contributed by atoms with Crippen molar-refractivity contribution < 1.29 is 0 Å². The third-order valence-electron chi connectivity index (χ3n) is 7.25. The van der Waals surface area contributed by atoms with Crippen LogP contribution in [0.3, 0.4) is 0 Å². The lowest BCUT2D eigenvalue weighted by atomic mass is 9.81. The minimum atomic E-state index is -0.248. The quantitative estimate of drug-likeness (QED) is 0.546. The van der Waals surface area contributed by atoms with Crippen LogP contribution in [0.5, 0.6) is 0 Å². The highest BCUT2D eigenvalue weighted by molar-refractivity contribution is 6.67. The maximum atomic E-state index is 2.58. The van der Waals surface area contributed by atoms with Gasteiger partial charge in [0.15, 0.2) is 0 Å². The second-order valence-electron chi connectivity index (χ2n) is 10.8. The molecule has 0 aromatic carbocycles. The van der Waals surface area contributed by atoms with E-state index in [9.17, 15) is 0 Å². The fourth-order valence-electron chi connectivity index (χ4n) is 8.25. The monoisotopic (exact) mass is 277 g/mol. The van der Waals surface area contributed by atoms with E-state index in [0.29, 0.717) is 32.5 Å². The van der Waals surface area contributed by atoms with Crippen LogP contribution in [0.1, 0.15) is 62.3 Å². The molecule has 0 aromatic rings. The van der Waals surface area contributed by atoms with Crippen molar-refractivity contribution in [2.24, 2.45) is 32.5 Å². The van der Waals surface area contributed by atoms with Gasteiger partial charge in [-0.25, -0.2) is 0 Å². The molecule has 4 fully saturated rings. The molecule has 0 saturated heterocycles. The first-order chi connectivity index (χ1) is 8.19. The van der Waals surface area contributed by atoms with Crippen molar-refractivity contribution in [3.8, 4) is 0 Å². The Morgan fingerprint density at radius 1 is 0.526 bits per heavy atom. The molecule has 109 valence electrons. The molecule has 4 aliphatic carbocycles. The van der Waals surface area contributed by atoms with E-state index in [1.165, 1.54) is 0 Å². The Bertz CT molecular complexity index is 391. The van der Waals surface area contributed by atoms with Crippen LogP contribution < -0.4 is 0 Å². The molecule has 4 rings (SSSR count). The second-order valence-corrected chi connectivity index (χ2v) is 13.5. The maximum absolute atomic E-state index is 2.58. The summed E-state index contributed by atoms with van der Waals surface area (Å²) in [7, 11) is -0.248. The Kier molecular flexibility index (Phi) is 1.97. The highest BCUT2D eigenvalue weighted by Crippen LogP contribution is 3.44. The van der Waals surface area contributed by atoms with Gasteiger partial charge in [-0.2, -0.15) is 0 Å². The van der Waals surface area contributed by atoms with Crippen molar-refractivity contribution in [2.75, 3.05) is 0 Å². The van der Waals surface area contributed by atoms with Gasteiger partial charge in [-0.15, -0.1) is 0 Å². The molecule has 4 aliphatic rings. The zero-order chi connectivity index (χ0) is 15.1. The lowest BCUT2D eigenvalue weighted by Gasteiger charge is -2.23. The summed E-state index contributed by atoms with van der Waals surface area (Å²) in [5.74, 6) is 0. The van der Waals surface area contributed by atoms with E-state index in [0.717, 1.165) is 5.04 Å². The molecule has 0 unspecified atom stereocenters. The minimum Gasteiger partial charge on any atom is -0.0708 e. The predicted octanol–water partition coefficient (Wildman–Crippen LogP) is 5.62. The average Bonchev–Trinajstić information content (AvgIpc) is 2.95. The number of hydrogen-bond acceptors (Lipinski definition) is 0. The van der Waals surface area contributed by atoms with Crippen LogP contribution in [0.15, 0.2) is 0 Å². The van der Waals surface area contributed by atoms with Gasteiger partial charge in [-0.1, -0.05) is 75.4 Å². The van der Waals surface area contributed by atoms with Gasteiger partial charge >= 0.3 is 0 Å². The Hall–Kier alpha value is 0.217. The van der Waals surface area contributed by atoms with Crippen molar-refractivity contribution >= 4 is 8.80 Å². The third-order valence-corrected chi connectivity index (χ3v) is 9.88. The third kappa shape index (κ3) is 0.763. The summed E-state index contributed by atoms with van der Waals surface area (Å²) in [6.45, 7) is 27.8. The number of rotatable bonds is 1. The fourth-order valence-corrected chi connectivity index (χ4v) is 12.6. The molecule has 0 aromatic heterocycles. The van der Waals surface area contributed by atoms with Crippen LogP contribution in [0.25, 0.3) is 0 Å². The van der Waals surface area contributed by atoms with Gasteiger partial charge < -0.3 is 0 Å². The van der Waals surface area contributed by atoms with Crippen LogP contribution in [0.2, 0.25) is 18.1 Å². The lowest BCUT2D eigenvalue weighted by molar-refractivity contribution is 0.254. The van der Waals surface area contributed by atoms with Crippen molar-refractivity contribution in [3.63, 3.8) is 0 Å². The van der Waals surface area contributed by atoms with Gasteiger partial charge in [0, 0.05) is 0 Å². The minimum absolute atomic E-state index is 0.248. The Labute approximate surface area is 122 Å². The molecule has 4 saturated carbocycles. The van der Waals surface area contributed by atoms with Crippen LogP contribution in [-0.4, -0.2) is 8.80 Å². The van der Waals surface area contributed by atoms with Gasteiger partial charge in [0.05, 0.1) is 8.80 Å². The molecule has 0 amide bonds. The van der Waals surface area contributed by atoms with Crippen molar-refractivity contribution in [3.05, 3.63) is 0 Å². The first kappa shape index (κ1) is 14.2. The van der Waals surface area contributed by atoms with Crippen molar-refractivity contribution in [1.29, 1.82) is 0 Å². The van der Waals surface area contributed by atoms with E-state index in [-0.39, 0.29) is 8.80 Å². The summed E-state index contributed by atoms with van der Waals surface area (Å²) in [5.41, 5.74) is 3.39. The van der Waals surface area contributed by atoms with Crippen LogP contribution in [0, 0.1) is 32.5 Å². The van der Waals surface area contributed by atoms with E-state index in [4.69, 9.17) is 0 Å². The smallest absolute Gasteiger partial charge is 0.0505 e. The van der Waals surface area contributed by atoms with E-state index in [1.54, 1.807) is 0 Å². The predicted molar refractivity (Wildman–Crippen MR) is 85.8 cm³/mol. The zero-order valence-electron chi connectivity index (χ0n) is 15.0. The molecule has 0 atom stereocenters. The van der Waals surface area contributed by atoms with Crippen molar-refractivity contribution in [2.45, 2.75) is 80.4 Å². The molecule has 19 heavy (non-hydrogen) atoms. The highest BCUT2D eigenvalue weighted by Gasteiger charge is 3.38. The summed E-state index contributed by atoms with van der Waals surface area (Å²) >= 11 is 0. The molecular weight excluding hydrogens is 244 g/mol. The van der Waals surface area contributed by atoms with Gasteiger partial charge in [-0.3, -0.25) is 0 Å². The van der Waals surface area contributed by atoms with Gasteiger partial charge in [-0.05, 0) is 37.5 Å². The zero-order valence-corrected chi connectivity index (χ0v) is 16.0. The van der Waals surface area contributed by atoms with E-state index >= 15 is 0 Å².